The zero-order chi connectivity index (χ0) is 19.2. The highest BCUT2D eigenvalue weighted by molar-refractivity contribution is 7.80. The molecule has 0 bridgehead atoms. The fourth-order valence-electron chi connectivity index (χ4n) is 2.50. The lowest BCUT2D eigenvalue weighted by molar-refractivity contribution is -0.137. The van der Waals surface area contributed by atoms with E-state index in [1.165, 1.54) is 12.1 Å². The molecular weight excluding hydrogens is 394 g/mol. The summed E-state index contributed by atoms with van der Waals surface area (Å²) in [7, 11) is 1.78. The molecule has 2 aromatic rings. The van der Waals surface area contributed by atoms with Gasteiger partial charge in [-0.15, -0.1) is 0 Å². The first-order valence-corrected chi connectivity index (χ1v) is 8.19. The zero-order valence-corrected chi connectivity index (χ0v) is 15.1. The van der Waals surface area contributed by atoms with Gasteiger partial charge in [0.05, 0.1) is 16.3 Å². The summed E-state index contributed by atoms with van der Waals surface area (Å²) in [5.74, 6) is -1.09. The van der Waals surface area contributed by atoms with E-state index in [0.29, 0.717) is 28.6 Å². The Kier molecular flexibility index (Phi) is 4.74. The molecule has 0 spiro atoms. The van der Waals surface area contributed by atoms with E-state index in [2.05, 4.69) is 0 Å². The summed E-state index contributed by atoms with van der Waals surface area (Å²) < 4.78 is 63.2. The average molecular weight is 406 g/mol. The Balaban J connectivity index is 1.94. The number of hydrogen-bond acceptors (Lipinski definition) is 3. The summed E-state index contributed by atoms with van der Waals surface area (Å²) in [5, 5.41) is -0.484. The summed E-state index contributed by atoms with van der Waals surface area (Å²) in [4.78, 5) is 2.37. The molecule has 1 aliphatic heterocycles. The van der Waals surface area contributed by atoms with Gasteiger partial charge in [-0.1, -0.05) is 23.8 Å². The lowest BCUT2D eigenvalue weighted by Crippen LogP contribution is -2.40. The van der Waals surface area contributed by atoms with Crippen LogP contribution in [-0.2, 0) is 6.18 Å². The lowest BCUT2D eigenvalue weighted by atomic mass is 10.2. The van der Waals surface area contributed by atoms with E-state index in [1.54, 1.807) is 24.9 Å². The van der Waals surface area contributed by atoms with Gasteiger partial charge in [0.1, 0.15) is 22.6 Å². The predicted octanol–water partition coefficient (Wildman–Crippen LogP) is 5.83. The van der Waals surface area contributed by atoms with Crippen molar-refractivity contribution in [2.45, 2.75) is 19.2 Å². The normalized spacial score (nSPS) is 17.0. The van der Waals surface area contributed by atoms with Gasteiger partial charge >= 0.3 is 6.18 Å². The number of fused-ring (bicyclic) bond motifs is 1. The highest BCUT2D eigenvalue weighted by atomic mass is 35.5. The van der Waals surface area contributed by atoms with Crippen LogP contribution < -0.4 is 14.4 Å². The second-order valence-electron chi connectivity index (χ2n) is 5.66. The molecule has 0 aliphatic carbocycles. The van der Waals surface area contributed by atoms with Gasteiger partial charge < -0.3 is 14.4 Å². The first kappa shape index (κ1) is 18.7. The number of ether oxygens (including phenoxy) is 2. The molecule has 1 unspecified atom stereocenters. The van der Waals surface area contributed by atoms with Gasteiger partial charge in [-0.05, 0) is 31.2 Å². The molecule has 0 radical (unpaired) electrons. The lowest BCUT2D eigenvalue weighted by Gasteiger charge is -2.32. The molecule has 0 N–H and O–H groups in total. The minimum absolute atomic E-state index is 0.165. The van der Waals surface area contributed by atoms with Crippen molar-refractivity contribution in [3.05, 3.63) is 46.7 Å². The number of thiocarbonyl (C=S) groups is 1. The smallest absolute Gasteiger partial charge is 0.416 e. The molecule has 1 aliphatic rings. The van der Waals surface area contributed by atoms with E-state index in [0.717, 1.165) is 0 Å². The van der Waals surface area contributed by atoms with Crippen LogP contribution in [0.25, 0.3) is 0 Å². The average Bonchev–Trinajstić information content (AvgIpc) is 2.55. The van der Waals surface area contributed by atoms with Crippen LogP contribution in [0.1, 0.15) is 12.5 Å². The molecule has 138 valence electrons. The monoisotopic (exact) mass is 405 g/mol. The summed E-state index contributed by atoms with van der Waals surface area (Å²) in [5.41, 5.74) is -0.496. The maximum Gasteiger partial charge on any atom is 0.416 e. The second-order valence-corrected chi connectivity index (χ2v) is 6.48. The van der Waals surface area contributed by atoms with Gasteiger partial charge in [-0.25, -0.2) is 4.39 Å². The molecule has 2 aromatic carbocycles. The zero-order valence-electron chi connectivity index (χ0n) is 13.5. The number of likely N-dealkylation sites (N-methyl/N-ethyl adjacent to an activating group) is 1. The fourth-order valence-corrected chi connectivity index (χ4v) is 2.89. The van der Waals surface area contributed by atoms with Crippen molar-refractivity contribution in [2.24, 2.45) is 0 Å². The standard InChI is InChI=1S/C17H12ClF4NO2S/c1-8-16(26)23(2)13-4-3-10(7-14(13)24-8)25-15-11(18)5-9(6-12(15)19)17(20,21)22/h3-8H,1-2H3. The van der Waals surface area contributed by atoms with Gasteiger partial charge in [-0.3, -0.25) is 0 Å². The highest BCUT2D eigenvalue weighted by Crippen LogP contribution is 2.41. The minimum atomic E-state index is -4.71. The van der Waals surface area contributed by atoms with Crippen LogP contribution in [0.15, 0.2) is 30.3 Å². The van der Waals surface area contributed by atoms with Crippen molar-refractivity contribution >= 4 is 34.5 Å². The van der Waals surface area contributed by atoms with Gasteiger partial charge in [-0.2, -0.15) is 13.2 Å². The summed E-state index contributed by atoms with van der Waals surface area (Å²) in [6, 6.07) is 5.62. The van der Waals surface area contributed by atoms with Crippen molar-refractivity contribution < 1.29 is 27.0 Å². The molecule has 0 saturated heterocycles. The van der Waals surface area contributed by atoms with Crippen LogP contribution in [0.4, 0.5) is 23.2 Å². The number of anilines is 1. The van der Waals surface area contributed by atoms with Gasteiger partial charge in [0.15, 0.2) is 11.6 Å². The van der Waals surface area contributed by atoms with E-state index in [9.17, 15) is 17.6 Å². The number of alkyl halides is 3. The van der Waals surface area contributed by atoms with Crippen LogP contribution >= 0.6 is 23.8 Å². The Morgan fingerprint density at radius 1 is 1.23 bits per heavy atom. The van der Waals surface area contributed by atoms with Crippen molar-refractivity contribution in [3.63, 3.8) is 0 Å². The van der Waals surface area contributed by atoms with Crippen molar-refractivity contribution in [1.29, 1.82) is 0 Å². The Bertz CT molecular complexity index is 865. The third-order valence-electron chi connectivity index (χ3n) is 3.82. The quantitative estimate of drug-likeness (QED) is 0.462. The minimum Gasteiger partial charge on any atom is -0.481 e. The molecule has 1 atom stereocenters. The summed E-state index contributed by atoms with van der Waals surface area (Å²) >= 11 is 11.0. The van der Waals surface area contributed by atoms with E-state index < -0.39 is 28.3 Å². The molecule has 0 amide bonds. The van der Waals surface area contributed by atoms with Crippen LogP contribution in [0.3, 0.4) is 0 Å². The fraction of sp³-hybridized carbons (Fsp3) is 0.235. The first-order valence-electron chi connectivity index (χ1n) is 7.40. The molecule has 1 heterocycles. The molecule has 3 rings (SSSR count). The van der Waals surface area contributed by atoms with Crippen molar-refractivity contribution in [1.82, 2.24) is 0 Å². The van der Waals surface area contributed by atoms with Crippen LogP contribution in [0.2, 0.25) is 5.02 Å². The Morgan fingerprint density at radius 3 is 2.54 bits per heavy atom. The Hall–Kier alpha value is -2.06. The van der Waals surface area contributed by atoms with E-state index >= 15 is 0 Å². The largest absolute Gasteiger partial charge is 0.481 e. The molecule has 3 nitrogen and oxygen atoms in total. The third kappa shape index (κ3) is 3.43. The molecule has 26 heavy (non-hydrogen) atoms. The second kappa shape index (κ2) is 6.59. The molecular formula is C17H12ClF4NO2S. The SMILES string of the molecule is CC1Oc2cc(Oc3c(F)cc(C(F)(F)F)cc3Cl)ccc2N(C)C1=S. The Labute approximate surface area is 157 Å². The van der Waals surface area contributed by atoms with Crippen LogP contribution in [0, 0.1) is 5.82 Å². The van der Waals surface area contributed by atoms with E-state index in [4.69, 9.17) is 33.3 Å². The van der Waals surface area contributed by atoms with Crippen LogP contribution in [-0.4, -0.2) is 18.1 Å². The Morgan fingerprint density at radius 2 is 1.92 bits per heavy atom. The van der Waals surface area contributed by atoms with Gasteiger partial charge in [0.25, 0.3) is 0 Å². The number of benzene rings is 2. The van der Waals surface area contributed by atoms with E-state index in [1.807, 2.05) is 0 Å². The predicted molar refractivity (Wildman–Crippen MR) is 94.0 cm³/mol. The summed E-state index contributed by atoms with van der Waals surface area (Å²) in [6.45, 7) is 1.78. The topological polar surface area (TPSA) is 21.7 Å². The molecule has 0 saturated carbocycles. The number of hydrogen-bond donors (Lipinski definition) is 0. The van der Waals surface area contributed by atoms with Gasteiger partial charge in [0.2, 0.25) is 0 Å². The highest BCUT2D eigenvalue weighted by Gasteiger charge is 2.33. The van der Waals surface area contributed by atoms with Crippen molar-refractivity contribution in [2.75, 3.05) is 11.9 Å². The number of halogens is 5. The third-order valence-corrected chi connectivity index (χ3v) is 4.71. The van der Waals surface area contributed by atoms with Gasteiger partial charge in [0, 0.05) is 13.1 Å². The maximum atomic E-state index is 14.1. The van der Waals surface area contributed by atoms with Crippen molar-refractivity contribution in [3.8, 4) is 17.2 Å². The molecule has 0 aromatic heterocycles. The molecule has 0 fully saturated rings. The number of nitrogens with zero attached hydrogens (tertiary/aromatic N) is 1. The molecule has 9 heteroatoms. The summed E-state index contributed by atoms with van der Waals surface area (Å²) in [6.07, 6.45) is -5.05. The van der Waals surface area contributed by atoms with E-state index in [-0.39, 0.29) is 11.9 Å². The van der Waals surface area contributed by atoms with Crippen LogP contribution in [0.5, 0.6) is 17.2 Å². The first-order chi connectivity index (χ1) is 12.1. The number of rotatable bonds is 2. The maximum absolute atomic E-state index is 14.1.